The highest BCUT2D eigenvalue weighted by atomic mass is 79.9. The lowest BCUT2D eigenvalue weighted by atomic mass is 9.93. The molecular formula is C14H17Br2NO2. The second-order valence-corrected chi connectivity index (χ2v) is 6.77. The van der Waals surface area contributed by atoms with Crippen molar-refractivity contribution >= 4 is 37.8 Å². The zero-order chi connectivity index (χ0) is 13.8. The fourth-order valence-corrected chi connectivity index (χ4v) is 3.16. The van der Waals surface area contributed by atoms with Gasteiger partial charge in [0.2, 0.25) is 0 Å². The standard InChI is InChI=1S/C14H17Br2NO2/c15-12-2-1-11(7-13(12)16)9-17-5-3-10(4-6-17)8-14(18)19/h1-2,7,10H,3-6,8-9H2,(H,18,19). The lowest BCUT2D eigenvalue weighted by Gasteiger charge is -2.31. The van der Waals surface area contributed by atoms with E-state index in [-0.39, 0.29) is 0 Å². The lowest BCUT2D eigenvalue weighted by molar-refractivity contribution is -0.138. The molecular weight excluding hydrogens is 374 g/mol. The van der Waals surface area contributed by atoms with Gasteiger partial charge in [0, 0.05) is 21.9 Å². The maximum absolute atomic E-state index is 10.7. The summed E-state index contributed by atoms with van der Waals surface area (Å²) in [4.78, 5) is 13.1. The molecule has 0 unspecified atom stereocenters. The Hall–Kier alpha value is -0.390. The fourth-order valence-electron chi connectivity index (χ4n) is 2.49. The molecule has 0 aromatic heterocycles. The molecule has 0 radical (unpaired) electrons. The number of rotatable bonds is 4. The first-order chi connectivity index (χ1) is 9.04. The SMILES string of the molecule is O=C(O)CC1CCN(Cc2ccc(Br)c(Br)c2)CC1. The van der Waals surface area contributed by atoms with E-state index < -0.39 is 5.97 Å². The Kier molecular flexibility index (Phi) is 5.42. The highest BCUT2D eigenvalue weighted by molar-refractivity contribution is 9.13. The van der Waals surface area contributed by atoms with Crippen LogP contribution in [0.15, 0.2) is 27.1 Å². The third-order valence-electron chi connectivity index (χ3n) is 3.56. The van der Waals surface area contributed by atoms with Gasteiger partial charge in [-0.05, 0) is 81.4 Å². The zero-order valence-electron chi connectivity index (χ0n) is 10.6. The van der Waals surface area contributed by atoms with E-state index in [0.29, 0.717) is 12.3 Å². The van der Waals surface area contributed by atoms with Crippen LogP contribution in [0.25, 0.3) is 0 Å². The van der Waals surface area contributed by atoms with Crippen molar-refractivity contribution in [2.75, 3.05) is 13.1 Å². The summed E-state index contributed by atoms with van der Waals surface area (Å²) in [6.07, 6.45) is 2.30. The van der Waals surface area contributed by atoms with E-state index >= 15 is 0 Å². The molecule has 1 saturated heterocycles. The number of likely N-dealkylation sites (tertiary alicyclic amines) is 1. The number of halogens is 2. The highest BCUT2D eigenvalue weighted by Gasteiger charge is 2.21. The molecule has 0 atom stereocenters. The fraction of sp³-hybridized carbons (Fsp3) is 0.500. The Morgan fingerprint density at radius 1 is 1.26 bits per heavy atom. The monoisotopic (exact) mass is 389 g/mol. The molecule has 0 saturated carbocycles. The first-order valence-electron chi connectivity index (χ1n) is 6.42. The second-order valence-electron chi connectivity index (χ2n) is 5.07. The average Bonchev–Trinajstić information content (AvgIpc) is 2.36. The Morgan fingerprint density at radius 3 is 2.53 bits per heavy atom. The van der Waals surface area contributed by atoms with Crippen LogP contribution in [0.1, 0.15) is 24.8 Å². The van der Waals surface area contributed by atoms with Crippen LogP contribution in [0, 0.1) is 5.92 Å². The van der Waals surface area contributed by atoms with Gasteiger partial charge in [-0.3, -0.25) is 9.69 Å². The number of aliphatic carboxylic acids is 1. The van der Waals surface area contributed by atoms with Crippen LogP contribution in [-0.2, 0) is 11.3 Å². The van der Waals surface area contributed by atoms with Crippen LogP contribution >= 0.6 is 31.9 Å². The topological polar surface area (TPSA) is 40.5 Å². The zero-order valence-corrected chi connectivity index (χ0v) is 13.8. The molecule has 2 rings (SSSR count). The lowest BCUT2D eigenvalue weighted by Crippen LogP contribution is -2.33. The van der Waals surface area contributed by atoms with Crippen LogP contribution < -0.4 is 0 Å². The number of hydrogen-bond donors (Lipinski definition) is 1. The summed E-state index contributed by atoms with van der Waals surface area (Å²) < 4.78 is 2.14. The van der Waals surface area contributed by atoms with Crippen molar-refractivity contribution in [1.82, 2.24) is 4.90 Å². The van der Waals surface area contributed by atoms with E-state index in [1.807, 2.05) is 0 Å². The van der Waals surface area contributed by atoms with Crippen LogP contribution in [-0.4, -0.2) is 29.1 Å². The van der Waals surface area contributed by atoms with Gasteiger partial charge in [0.1, 0.15) is 0 Å². The Labute approximate surface area is 130 Å². The minimum absolute atomic E-state index is 0.317. The van der Waals surface area contributed by atoms with E-state index in [1.54, 1.807) is 0 Å². The van der Waals surface area contributed by atoms with E-state index in [9.17, 15) is 4.79 Å². The second kappa shape index (κ2) is 6.86. The van der Waals surface area contributed by atoms with E-state index in [1.165, 1.54) is 5.56 Å². The number of benzene rings is 1. The first kappa shape index (κ1) is 15.0. The van der Waals surface area contributed by atoms with E-state index in [4.69, 9.17) is 5.11 Å². The summed E-state index contributed by atoms with van der Waals surface area (Å²) in [5.41, 5.74) is 1.28. The molecule has 1 heterocycles. The predicted octanol–water partition coefficient (Wildman–Crippen LogP) is 3.90. The molecule has 1 aromatic carbocycles. The van der Waals surface area contributed by atoms with Gasteiger partial charge in [0.15, 0.2) is 0 Å². The number of carbonyl (C=O) groups is 1. The van der Waals surface area contributed by atoms with Crippen molar-refractivity contribution in [3.05, 3.63) is 32.7 Å². The number of carboxylic acid groups (broad SMARTS) is 1. The van der Waals surface area contributed by atoms with Crippen molar-refractivity contribution < 1.29 is 9.90 Å². The summed E-state index contributed by atoms with van der Waals surface area (Å²) in [7, 11) is 0. The molecule has 0 amide bonds. The van der Waals surface area contributed by atoms with Crippen molar-refractivity contribution in [3.63, 3.8) is 0 Å². The van der Waals surface area contributed by atoms with Crippen LogP contribution in [0.5, 0.6) is 0 Å². The van der Waals surface area contributed by atoms with Gasteiger partial charge < -0.3 is 5.11 Å². The maximum Gasteiger partial charge on any atom is 0.303 e. The number of hydrogen-bond acceptors (Lipinski definition) is 2. The minimum atomic E-state index is -0.671. The summed E-state index contributed by atoms with van der Waals surface area (Å²) >= 11 is 6.99. The summed E-state index contributed by atoms with van der Waals surface area (Å²) in [5, 5.41) is 8.80. The van der Waals surface area contributed by atoms with Crippen molar-refractivity contribution in [2.24, 2.45) is 5.92 Å². The molecule has 1 aliphatic rings. The van der Waals surface area contributed by atoms with E-state index in [0.717, 1.165) is 41.4 Å². The van der Waals surface area contributed by atoms with Crippen LogP contribution in [0.4, 0.5) is 0 Å². The number of carboxylic acids is 1. The molecule has 0 bridgehead atoms. The number of nitrogens with zero attached hydrogens (tertiary/aromatic N) is 1. The van der Waals surface area contributed by atoms with Gasteiger partial charge >= 0.3 is 5.97 Å². The third kappa shape index (κ3) is 4.58. The first-order valence-corrected chi connectivity index (χ1v) is 8.01. The molecule has 0 spiro atoms. The molecule has 1 aromatic rings. The van der Waals surface area contributed by atoms with Gasteiger partial charge in [-0.2, -0.15) is 0 Å². The smallest absolute Gasteiger partial charge is 0.303 e. The van der Waals surface area contributed by atoms with Gasteiger partial charge in [0.25, 0.3) is 0 Å². The molecule has 3 nitrogen and oxygen atoms in total. The Bertz CT molecular complexity index is 457. The van der Waals surface area contributed by atoms with Gasteiger partial charge in [-0.1, -0.05) is 6.07 Å². The third-order valence-corrected chi connectivity index (χ3v) is 5.44. The summed E-state index contributed by atoms with van der Waals surface area (Å²) in [6, 6.07) is 6.31. The largest absolute Gasteiger partial charge is 0.481 e. The highest BCUT2D eigenvalue weighted by Crippen LogP contribution is 2.26. The van der Waals surface area contributed by atoms with E-state index in [2.05, 4.69) is 55.0 Å². The molecule has 5 heteroatoms. The van der Waals surface area contributed by atoms with Gasteiger partial charge in [-0.25, -0.2) is 0 Å². The van der Waals surface area contributed by atoms with Crippen molar-refractivity contribution in [2.45, 2.75) is 25.8 Å². The number of piperidine rings is 1. The van der Waals surface area contributed by atoms with Crippen molar-refractivity contribution in [1.29, 1.82) is 0 Å². The van der Waals surface area contributed by atoms with Gasteiger partial charge in [-0.15, -0.1) is 0 Å². The maximum atomic E-state index is 10.7. The molecule has 1 aliphatic heterocycles. The van der Waals surface area contributed by atoms with Gasteiger partial charge in [0.05, 0.1) is 0 Å². The molecule has 0 aliphatic carbocycles. The van der Waals surface area contributed by atoms with Crippen molar-refractivity contribution in [3.8, 4) is 0 Å². The molecule has 104 valence electrons. The van der Waals surface area contributed by atoms with Crippen LogP contribution in [0.2, 0.25) is 0 Å². The summed E-state index contributed by atoms with van der Waals surface area (Å²) in [5.74, 6) is -0.319. The summed E-state index contributed by atoms with van der Waals surface area (Å²) in [6.45, 7) is 2.92. The van der Waals surface area contributed by atoms with Crippen LogP contribution in [0.3, 0.4) is 0 Å². The normalized spacial score (nSPS) is 17.6. The molecule has 19 heavy (non-hydrogen) atoms. The minimum Gasteiger partial charge on any atom is -0.481 e. The molecule has 1 N–H and O–H groups in total. The Morgan fingerprint density at radius 2 is 1.95 bits per heavy atom. The quantitative estimate of drug-likeness (QED) is 0.847. The average molecular weight is 391 g/mol. The molecule has 1 fully saturated rings. The predicted molar refractivity (Wildman–Crippen MR) is 82.1 cm³/mol. The Balaban J connectivity index is 1.85.